The largest absolute Gasteiger partial charge is 0.489 e. The van der Waals surface area contributed by atoms with Gasteiger partial charge in [-0.15, -0.1) is 0 Å². The Morgan fingerprint density at radius 1 is 1.03 bits per heavy atom. The van der Waals surface area contributed by atoms with Gasteiger partial charge in [-0.3, -0.25) is 9.59 Å². The number of hydrogen-bond donors (Lipinski definition) is 2. The zero-order valence-corrected chi connectivity index (χ0v) is 17.5. The first-order chi connectivity index (χ1) is 15.5. The molecule has 32 heavy (non-hydrogen) atoms. The molecule has 0 aliphatic carbocycles. The van der Waals surface area contributed by atoms with E-state index in [0.717, 1.165) is 16.7 Å². The van der Waals surface area contributed by atoms with Crippen molar-refractivity contribution in [2.24, 2.45) is 5.10 Å². The zero-order valence-electron chi connectivity index (χ0n) is 17.5. The number of nitrogens with zero attached hydrogens (tertiary/aromatic N) is 2. The number of aryl methyl sites for hydroxylation is 1. The fraction of sp³-hybridized carbons (Fsp3) is 0.120. The van der Waals surface area contributed by atoms with Crippen molar-refractivity contribution in [2.45, 2.75) is 13.5 Å². The molecule has 0 atom stereocenters. The number of nitriles is 1. The maximum absolute atomic E-state index is 12.0. The number of benzene rings is 3. The van der Waals surface area contributed by atoms with Gasteiger partial charge in [-0.05, 0) is 55.0 Å². The summed E-state index contributed by atoms with van der Waals surface area (Å²) in [5.41, 5.74) is 6.08. The van der Waals surface area contributed by atoms with Crippen LogP contribution in [0.4, 0.5) is 0 Å². The molecule has 0 saturated heterocycles. The molecule has 0 aromatic heterocycles. The summed E-state index contributed by atoms with van der Waals surface area (Å²) in [6.07, 6.45) is 1.49. The van der Waals surface area contributed by atoms with Gasteiger partial charge in [0.15, 0.2) is 0 Å². The molecule has 7 nitrogen and oxygen atoms in total. The van der Waals surface area contributed by atoms with E-state index in [4.69, 9.17) is 10.00 Å². The van der Waals surface area contributed by atoms with Gasteiger partial charge < -0.3 is 10.1 Å². The molecular weight excluding hydrogens is 404 g/mol. The summed E-state index contributed by atoms with van der Waals surface area (Å²) in [6.45, 7) is 2.05. The first kappa shape index (κ1) is 22.2. The van der Waals surface area contributed by atoms with Crippen LogP contribution in [0.5, 0.6) is 5.75 Å². The average molecular weight is 426 g/mol. The number of amides is 2. The molecule has 3 rings (SSSR count). The molecule has 2 amide bonds. The SMILES string of the molecule is Cc1ccc(C(=O)NCC(=O)N/N=C\c2ccc(OCc3ccccc3C#N)cc2)cc1. The van der Waals surface area contributed by atoms with Crippen LogP contribution in [-0.2, 0) is 11.4 Å². The van der Waals surface area contributed by atoms with Crippen LogP contribution in [0.3, 0.4) is 0 Å². The summed E-state index contributed by atoms with van der Waals surface area (Å²) in [6, 6.07) is 23.6. The minimum absolute atomic E-state index is 0.180. The fourth-order valence-electron chi connectivity index (χ4n) is 2.75. The van der Waals surface area contributed by atoms with Crippen molar-refractivity contribution >= 4 is 18.0 Å². The monoisotopic (exact) mass is 426 g/mol. The Morgan fingerprint density at radius 2 is 1.75 bits per heavy atom. The second-order valence-electron chi connectivity index (χ2n) is 6.97. The topological polar surface area (TPSA) is 104 Å². The normalized spacial score (nSPS) is 10.4. The van der Waals surface area contributed by atoms with E-state index in [1.165, 1.54) is 6.21 Å². The highest BCUT2D eigenvalue weighted by Gasteiger charge is 2.07. The van der Waals surface area contributed by atoms with Gasteiger partial charge in [-0.2, -0.15) is 10.4 Å². The van der Waals surface area contributed by atoms with E-state index in [0.29, 0.717) is 23.5 Å². The highest BCUT2D eigenvalue weighted by molar-refractivity contribution is 5.96. The molecule has 7 heteroatoms. The van der Waals surface area contributed by atoms with Crippen LogP contribution in [0.1, 0.15) is 32.6 Å². The van der Waals surface area contributed by atoms with E-state index in [1.54, 1.807) is 42.5 Å². The Morgan fingerprint density at radius 3 is 2.47 bits per heavy atom. The lowest BCUT2D eigenvalue weighted by atomic mass is 10.1. The lowest BCUT2D eigenvalue weighted by Crippen LogP contribution is -2.34. The zero-order chi connectivity index (χ0) is 22.8. The van der Waals surface area contributed by atoms with Crippen molar-refractivity contribution in [3.8, 4) is 11.8 Å². The molecule has 0 bridgehead atoms. The van der Waals surface area contributed by atoms with Gasteiger partial charge in [0.2, 0.25) is 0 Å². The third-order valence-corrected chi connectivity index (χ3v) is 4.54. The minimum atomic E-state index is -0.433. The van der Waals surface area contributed by atoms with Crippen molar-refractivity contribution in [3.05, 3.63) is 101 Å². The van der Waals surface area contributed by atoms with Gasteiger partial charge >= 0.3 is 0 Å². The second-order valence-corrected chi connectivity index (χ2v) is 6.97. The summed E-state index contributed by atoms with van der Waals surface area (Å²) in [4.78, 5) is 23.9. The quantitative estimate of drug-likeness (QED) is 0.426. The van der Waals surface area contributed by atoms with Crippen molar-refractivity contribution in [3.63, 3.8) is 0 Å². The van der Waals surface area contributed by atoms with Crippen LogP contribution in [0.15, 0.2) is 77.9 Å². The Bertz CT molecular complexity index is 1150. The smallest absolute Gasteiger partial charge is 0.259 e. The molecule has 0 saturated carbocycles. The Hall–Kier alpha value is -4.44. The van der Waals surface area contributed by atoms with Gasteiger partial charge in [0.05, 0.1) is 24.4 Å². The van der Waals surface area contributed by atoms with Crippen LogP contribution >= 0.6 is 0 Å². The maximum atomic E-state index is 12.0. The molecule has 3 aromatic rings. The van der Waals surface area contributed by atoms with Crippen LogP contribution in [0.2, 0.25) is 0 Å². The number of hydrogen-bond acceptors (Lipinski definition) is 5. The maximum Gasteiger partial charge on any atom is 0.259 e. The van der Waals surface area contributed by atoms with E-state index in [1.807, 2.05) is 37.3 Å². The van der Waals surface area contributed by atoms with E-state index >= 15 is 0 Å². The molecule has 0 aliphatic rings. The number of ether oxygens (including phenoxy) is 1. The third-order valence-electron chi connectivity index (χ3n) is 4.54. The highest BCUT2D eigenvalue weighted by atomic mass is 16.5. The first-order valence-electron chi connectivity index (χ1n) is 9.93. The van der Waals surface area contributed by atoms with Crippen molar-refractivity contribution in [1.29, 1.82) is 5.26 Å². The van der Waals surface area contributed by atoms with Gasteiger partial charge in [0, 0.05) is 11.1 Å². The molecule has 0 unspecified atom stereocenters. The molecule has 160 valence electrons. The lowest BCUT2D eigenvalue weighted by Gasteiger charge is -2.07. The summed E-state index contributed by atoms with van der Waals surface area (Å²) in [7, 11) is 0. The Kier molecular flexibility index (Phi) is 7.71. The summed E-state index contributed by atoms with van der Waals surface area (Å²) >= 11 is 0. The van der Waals surface area contributed by atoms with E-state index in [-0.39, 0.29) is 12.5 Å². The Balaban J connectivity index is 1.43. The first-order valence-corrected chi connectivity index (χ1v) is 9.93. The molecule has 0 radical (unpaired) electrons. The average Bonchev–Trinajstić information content (AvgIpc) is 2.82. The molecule has 3 aromatic carbocycles. The predicted molar refractivity (Wildman–Crippen MR) is 121 cm³/mol. The van der Waals surface area contributed by atoms with Gasteiger partial charge in [0.25, 0.3) is 11.8 Å². The summed E-state index contributed by atoms with van der Waals surface area (Å²) in [5, 5.41) is 15.6. The number of carbonyl (C=O) groups is 2. The van der Waals surface area contributed by atoms with Crippen molar-refractivity contribution in [1.82, 2.24) is 10.7 Å². The summed E-state index contributed by atoms with van der Waals surface area (Å²) in [5.74, 6) is -0.104. The molecule has 0 aliphatic heterocycles. The second kappa shape index (κ2) is 11.1. The number of nitrogens with one attached hydrogen (secondary N) is 2. The highest BCUT2D eigenvalue weighted by Crippen LogP contribution is 2.15. The fourth-order valence-corrected chi connectivity index (χ4v) is 2.75. The predicted octanol–water partition coefficient (Wildman–Crippen LogP) is 3.33. The lowest BCUT2D eigenvalue weighted by molar-refractivity contribution is -0.120. The van der Waals surface area contributed by atoms with Crippen LogP contribution in [-0.4, -0.2) is 24.6 Å². The van der Waals surface area contributed by atoms with Gasteiger partial charge in [-0.25, -0.2) is 5.43 Å². The third kappa shape index (κ3) is 6.54. The number of rotatable bonds is 8. The number of hydrazone groups is 1. The van der Waals surface area contributed by atoms with Crippen LogP contribution in [0.25, 0.3) is 0 Å². The van der Waals surface area contributed by atoms with Gasteiger partial charge in [-0.1, -0.05) is 35.9 Å². The molecule has 0 spiro atoms. The molecular formula is C25H22N4O3. The van der Waals surface area contributed by atoms with E-state index in [9.17, 15) is 9.59 Å². The van der Waals surface area contributed by atoms with Gasteiger partial charge in [0.1, 0.15) is 12.4 Å². The van der Waals surface area contributed by atoms with Crippen molar-refractivity contribution < 1.29 is 14.3 Å². The molecule has 2 N–H and O–H groups in total. The molecule has 0 fully saturated rings. The minimum Gasteiger partial charge on any atom is -0.489 e. The molecule has 0 heterocycles. The standard InChI is InChI=1S/C25H22N4O3/c1-18-6-10-20(11-7-18)25(31)27-16-24(30)29-28-15-19-8-12-23(13-9-19)32-17-22-5-3-2-4-21(22)14-26/h2-13,15H,16-17H2,1H3,(H,27,31)(H,29,30)/b28-15-. The van der Waals surface area contributed by atoms with Crippen molar-refractivity contribution in [2.75, 3.05) is 6.54 Å². The van der Waals surface area contributed by atoms with E-state index in [2.05, 4.69) is 21.9 Å². The van der Waals surface area contributed by atoms with Crippen LogP contribution < -0.4 is 15.5 Å². The summed E-state index contributed by atoms with van der Waals surface area (Å²) < 4.78 is 5.72. The Labute approximate surface area is 186 Å². The number of carbonyl (C=O) groups excluding carboxylic acids is 2. The van der Waals surface area contributed by atoms with Crippen LogP contribution in [0, 0.1) is 18.3 Å². The van der Waals surface area contributed by atoms with E-state index < -0.39 is 5.91 Å².